The molecule has 1 aromatic rings. The van der Waals surface area contributed by atoms with Gasteiger partial charge in [0.1, 0.15) is 15.5 Å². The molecule has 1 aliphatic rings. The Morgan fingerprint density at radius 1 is 1.50 bits per heavy atom. The topological polar surface area (TPSA) is 101 Å². The number of nitrogens with one attached hydrogen (secondary N) is 1. The van der Waals surface area contributed by atoms with Crippen LogP contribution >= 0.6 is 24.0 Å². The number of carbonyl (C=O) groups is 2. The van der Waals surface area contributed by atoms with Crippen LogP contribution < -0.4 is 10.1 Å². The highest BCUT2D eigenvalue weighted by atomic mass is 32.2. The molecule has 0 spiro atoms. The Hall–Kier alpha value is -2.00. The number of thioether (sulfide) groups is 1. The van der Waals surface area contributed by atoms with Crippen molar-refractivity contribution in [1.29, 1.82) is 0 Å². The van der Waals surface area contributed by atoms with E-state index in [0.29, 0.717) is 4.32 Å². The summed E-state index contributed by atoms with van der Waals surface area (Å²) >= 11 is 5.85. The third-order valence-corrected chi connectivity index (χ3v) is 2.93. The maximum Gasteiger partial charge on any atom is 0.338 e. The zero-order valence-electron chi connectivity index (χ0n) is 8.61. The lowest BCUT2D eigenvalue weighted by molar-refractivity contribution is -0.115. The molecule has 1 aromatic heterocycles. The largest absolute Gasteiger partial charge is 0.478 e. The van der Waals surface area contributed by atoms with E-state index in [2.05, 4.69) is 15.3 Å². The van der Waals surface area contributed by atoms with Gasteiger partial charge in [-0.3, -0.25) is 4.79 Å². The summed E-state index contributed by atoms with van der Waals surface area (Å²) in [5.74, 6) is -1.48. The van der Waals surface area contributed by atoms with Gasteiger partial charge < -0.3 is 15.2 Å². The summed E-state index contributed by atoms with van der Waals surface area (Å²) < 4.78 is 5.37. The zero-order chi connectivity index (χ0) is 13.1. The fourth-order valence-corrected chi connectivity index (χ4v) is 1.94. The molecule has 2 rings (SSSR count). The molecule has 0 aliphatic carbocycles. The Balaban J connectivity index is 2.06. The van der Waals surface area contributed by atoms with Gasteiger partial charge in [-0.1, -0.05) is 24.0 Å². The number of nitrogens with zero attached hydrogens (tertiary/aromatic N) is 2. The SMILES string of the molecule is O=C1NC(=S)SC1=COc1ncc(C(=O)O)cn1. The summed E-state index contributed by atoms with van der Waals surface area (Å²) in [6, 6.07) is -0.0567. The van der Waals surface area contributed by atoms with Gasteiger partial charge in [0.25, 0.3) is 5.91 Å². The van der Waals surface area contributed by atoms with Crippen LogP contribution in [0, 0.1) is 0 Å². The van der Waals surface area contributed by atoms with Gasteiger partial charge in [-0.2, -0.15) is 0 Å². The van der Waals surface area contributed by atoms with Gasteiger partial charge in [0.2, 0.25) is 0 Å². The number of ether oxygens (including phenoxy) is 1. The number of amides is 1. The van der Waals surface area contributed by atoms with Crippen molar-refractivity contribution >= 4 is 40.2 Å². The lowest BCUT2D eigenvalue weighted by Crippen LogP contribution is -2.17. The highest BCUT2D eigenvalue weighted by Crippen LogP contribution is 2.23. The molecule has 2 N–H and O–H groups in total. The standard InChI is InChI=1S/C9H5N3O4S2/c13-6-5(18-9(17)12-6)3-16-8-10-1-4(2-11-8)7(14)15/h1-3H,(H,14,15)(H,12,13,17). The van der Waals surface area contributed by atoms with Gasteiger partial charge in [0.15, 0.2) is 0 Å². The molecule has 1 aliphatic heterocycles. The Morgan fingerprint density at radius 2 is 2.17 bits per heavy atom. The van der Waals surface area contributed by atoms with Crippen molar-refractivity contribution < 1.29 is 19.4 Å². The summed E-state index contributed by atoms with van der Waals surface area (Å²) in [7, 11) is 0. The minimum absolute atomic E-state index is 0.0517. The first-order valence-corrected chi connectivity index (χ1v) is 5.74. The smallest absolute Gasteiger partial charge is 0.338 e. The Bertz CT molecular complexity index is 555. The molecule has 0 aromatic carbocycles. The summed E-state index contributed by atoms with van der Waals surface area (Å²) in [5.41, 5.74) is -0.0517. The molecule has 18 heavy (non-hydrogen) atoms. The van der Waals surface area contributed by atoms with E-state index < -0.39 is 5.97 Å². The minimum atomic E-state index is -1.13. The van der Waals surface area contributed by atoms with E-state index >= 15 is 0 Å². The number of hydrogen-bond donors (Lipinski definition) is 2. The molecule has 1 saturated heterocycles. The third kappa shape index (κ3) is 2.81. The average molecular weight is 283 g/mol. The van der Waals surface area contributed by atoms with Crippen LogP contribution in [-0.2, 0) is 4.79 Å². The maximum atomic E-state index is 11.3. The number of rotatable bonds is 3. The van der Waals surface area contributed by atoms with Crippen molar-refractivity contribution in [1.82, 2.24) is 15.3 Å². The summed E-state index contributed by atoms with van der Waals surface area (Å²) in [4.78, 5) is 29.4. The van der Waals surface area contributed by atoms with E-state index in [-0.39, 0.29) is 22.4 Å². The van der Waals surface area contributed by atoms with Crippen LogP contribution in [0.25, 0.3) is 0 Å². The number of thiocarbonyl (C=S) groups is 1. The maximum absolute atomic E-state index is 11.3. The first-order valence-electron chi connectivity index (χ1n) is 4.51. The van der Waals surface area contributed by atoms with E-state index in [9.17, 15) is 9.59 Å². The number of carboxylic acids is 1. The van der Waals surface area contributed by atoms with E-state index in [1.165, 1.54) is 0 Å². The van der Waals surface area contributed by atoms with Crippen LogP contribution in [0.1, 0.15) is 10.4 Å². The molecule has 7 nitrogen and oxygen atoms in total. The van der Waals surface area contributed by atoms with Gasteiger partial charge in [-0.25, -0.2) is 14.8 Å². The van der Waals surface area contributed by atoms with Crippen molar-refractivity contribution in [3.8, 4) is 6.01 Å². The summed E-state index contributed by atoms with van der Waals surface area (Å²) in [6.07, 6.45) is 3.38. The molecule has 92 valence electrons. The van der Waals surface area contributed by atoms with E-state index in [1.807, 2.05) is 0 Å². The van der Waals surface area contributed by atoms with Crippen LogP contribution in [-0.4, -0.2) is 31.3 Å². The minimum Gasteiger partial charge on any atom is -0.478 e. The molecule has 0 unspecified atom stereocenters. The van der Waals surface area contributed by atoms with Crippen LogP contribution in [0.2, 0.25) is 0 Å². The van der Waals surface area contributed by atoms with Gasteiger partial charge >= 0.3 is 12.0 Å². The van der Waals surface area contributed by atoms with Crippen molar-refractivity contribution in [2.45, 2.75) is 0 Å². The van der Waals surface area contributed by atoms with Crippen LogP contribution in [0.3, 0.4) is 0 Å². The first kappa shape index (κ1) is 12.5. The van der Waals surface area contributed by atoms with Crippen molar-refractivity contribution in [2.24, 2.45) is 0 Å². The molecule has 0 bridgehead atoms. The van der Waals surface area contributed by atoms with Crippen molar-refractivity contribution in [2.75, 3.05) is 0 Å². The van der Waals surface area contributed by atoms with E-state index in [1.54, 1.807) is 0 Å². The van der Waals surface area contributed by atoms with Crippen molar-refractivity contribution in [3.05, 3.63) is 29.1 Å². The lowest BCUT2D eigenvalue weighted by atomic mass is 10.4. The lowest BCUT2D eigenvalue weighted by Gasteiger charge is -1.98. The summed E-state index contributed by atoms with van der Waals surface area (Å²) in [6.45, 7) is 0. The molecule has 9 heteroatoms. The molecular formula is C9H5N3O4S2. The predicted molar refractivity (Wildman–Crippen MR) is 66.0 cm³/mol. The van der Waals surface area contributed by atoms with Gasteiger partial charge in [-0.05, 0) is 0 Å². The number of aromatic carboxylic acids is 1. The predicted octanol–water partition coefficient (Wildman–Crippen LogP) is 0.543. The van der Waals surface area contributed by atoms with E-state index in [4.69, 9.17) is 22.1 Å². The van der Waals surface area contributed by atoms with Crippen LogP contribution in [0.4, 0.5) is 0 Å². The number of hydrogen-bond acceptors (Lipinski definition) is 7. The molecule has 1 amide bonds. The van der Waals surface area contributed by atoms with Crippen LogP contribution in [0.5, 0.6) is 6.01 Å². The quantitative estimate of drug-likeness (QED) is 0.471. The van der Waals surface area contributed by atoms with Crippen LogP contribution in [0.15, 0.2) is 23.6 Å². The highest BCUT2D eigenvalue weighted by molar-refractivity contribution is 8.26. The normalized spacial score (nSPS) is 16.8. The van der Waals surface area contributed by atoms with Gasteiger partial charge in [0, 0.05) is 12.4 Å². The number of aromatic nitrogens is 2. The first-order chi connectivity index (χ1) is 8.56. The number of carbonyl (C=O) groups excluding carboxylic acids is 1. The molecule has 1 fully saturated rings. The van der Waals surface area contributed by atoms with Gasteiger partial charge in [0.05, 0.1) is 5.56 Å². The molecule has 0 saturated carbocycles. The molecule has 0 atom stereocenters. The molecule has 2 heterocycles. The van der Waals surface area contributed by atoms with E-state index in [0.717, 1.165) is 30.4 Å². The molecular weight excluding hydrogens is 278 g/mol. The fraction of sp³-hybridized carbons (Fsp3) is 0. The monoisotopic (exact) mass is 283 g/mol. The Morgan fingerprint density at radius 3 is 2.67 bits per heavy atom. The Kier molecular flexibility index (Phi) is 3.53. The van der Waals surface area contributed by atoms with Crippen molar-refractivity contribution in [3.63, 3.8) is 0 Å². The highest BCUT2D eigenvalue weighted by Gasteiger charge is 2.22. The third-order valence-electron chi connectivity index (χ3n) is 1.79. The zero-order valence-corrected chi connectivity index (χ0v) is 10.2. The second-order valence-corrected chi connectivity index (χ2v) is 4.72. The fourth-order valence-electron chi connectivity index (χ4n) is 0.997. The Labute approximate surface area is 110 Å². The summed E-state index contributed by atoms with van der Waals surface area (Å²) in [5, 5.41) is 11.1. The average Bonchev–Trinajstić information content (AvgIpc) is 2.66. The molecule has 0 radical (unpaired) electrons. The van der Waals surface area contributed by atoms with Gasteiger partial charge in [-0.15, -0.1) is 0 Å². The second-order valence-electron chi connectivity index (χ2n) is 3.00. The number of carboxylic acid groups (broad SMARTS) is 1. The second kappa shape index (κ2) is 5.10.